The minimum absolute atomic E-state index is 0.0845. The minimum Gasteiger partial charge on any atom is -0.382 e. The van der Waals surface area contributed by atoms with Crippen molar-refractivity contribution in [3.05, 3.63) is 40.7 Å². The smallest absolute Gasteiger partial charge is 0.280 e. The van der Waals surface area contributed by atoms with Crippen LogP contribution in [0, 0.1) is 0 Å². The topological polar surface area (TPSA) is 221 Å². The van der Waals surface area contributed by atoms with Crippen LogP contribution in [0.4, 0.5) is 17.3 Å². The second kappa shape index (κ2) is 10.8. The molecule has 34 heavy (non-hydrogen) atoms. The number of nitrogens with zero attached hydrogens (tertiary/aromatic N) is 4. The summed E-state index contributed by atoms with van der Waals surface area (Å²) in [6.45, 7) is 1.45. The zero-order valence-electron chi connectivity index (χ0n) is 18.1. The third kappa shape index (κ3) is 6.52. The zero-order valence-corrected chi connectivity index (χ0v) is 18.9. The summed E-state index contributed by atoms with van der Waals surface area (Å²) in [6.07, 6.45) is 1.29. The van der Waals surface area contributed by atoms with Crippen molar-refractivity contribution in [2.24, 2.45) is 16.5 Å². The Kier molecular flexibility index (Phi) is 7.81. The number of anilines is 3. The van der Waals surface area contributed by atoms with Gasteiger partial charge in [-0.25, -0.2) is 15.0 Å². The second-order valence-electron chi connectivity index (χ2n) is 7.60. The van der Waals surface area contributed by atoms with Gasteiger partial charge in [0, 0.05) is 24.3 Å². The number of amides is 3. The van der Waals surface area contributed by atoms with Crippen molar-refractivity contribution in [1.82, 2.24) is 20.2 Å². The summed E-state index contributed by atoms with van der Waals surface area (Å²) in [4.78, 5) is 49.6. The van der Waals surface area contributed by atoms with Gasteiger partial charge in [-0.15, -0.1) is 0 Å². The highest BCUT2D eigenvalue weighted by molar-refractivity contribution is 6.31. The number of carbonyl (C=O) groups is 3. The summed E-state index contributed by atoms with van der Waals surface area (Å²) in [5.41, 5.74) is 23.0. The van der Waals surface area contributed by atoms with Gasteiger partial charge in [-0.2, -0.15) is 0 Å². The third-order valence-corrected chi connectivity index (χ3v) is 5.34. The van der Waals surface area contributed by atoms with Crippen molar-refractivity contribution < 1.29 is 14.4 Å². The number of nitrogens with one attached hydrogen (secondary N) is 2. The monoisotopic (exact) mass is 488 g/mol. The van der Waals surface area contributed by atoms with E-state index in [0.29, 0.717) is 37.2 Å². The number of nitrogen functional groups attached to an aromatic ring is 2. The quantitative estimate of drug-likeness (QED) is 0.228. The highest BCUT2D eigenvalue weighted by Crippen LogP contribution is 2.17. The van der Waals surface area contributed by atoms with Crippen LogP contribution in [0.3, 0.4) is 0 Å². The molecule has 1 aliphatic rings. The number of primary amides is 1. The fourth-order valence-corrected chi connectivity index (χ4v) is 3.47. The molecule has 0 radical (unpaired) electrons. The van der Waals surface area contributed by atoms with Crippen LogP contribution in [0.1, 0.15) is 33.7 Å². The number of piperidine rings is 1. The molecular formula is C20H25ClN10O3. The fraction of sp³-hybridized carbons (Fsp3) is 0.300. The van der Waals surface area contributed by atoms with Crippen LogP contribution in [0.25, 0.3) is 0 Å². The molecule has 0 aliphatic carbocycles. The van der Waals surface area contributed by atoms with Crippen LogP contribution in [0.2, 0.25) is 5.15 Å². The molecule has 0 spiro atoms. The van der Waals surface area contributed by atoms with Crippen LogP contribution in [-0.4, -0.2) is 64.2 Å². The van der Waals surface area contributed by atoms with Gasteiger partial charge < -0.3 is 28.3 Å². The average molecular weight is 489 g/mol. The third-order valence-electron chi connectivity index (χ3n) is 5.06. The van der Waals surface area contributed by atoms with E-state index in [2.05, 4.69) is 25.6 Å². The molecule has 0 saturated carbocycles. The van der Waals surface area contributed by atoms with Gasteiger partial charge >= 0.3 is 0 Å². The molecule has 0 atom stereocenters. The van der Waals surface area contributed by atoms with Gasteiger partial charge in [-0.05, 0) is 37.1 Å². The lowest BCUT2D eigenvalue weighted by Crippen LogP contribution is -2.42. The first-order valence-electron chi connectivity index (χ1n) is 10.3. The Morgan fingerprint density at radius 2 is 1.71 bits per heavy atom. The number of aliphatic imine (C=N–C) groups is 1. The molecule has 2 heterocycles. The number of benzene rings is 1. The van der Waals surface area contributed by atoms with Crippen molar-refractivity contribution in [3.8, 4) is 0 Å². The van der Waals surface area contributed by atoms with Crippen molar-refractivity contribution >= 4 is 52.6 Å². The summed E-state index contributed by atoms with van der Waals surface area (Å²) in [5.74, 6) is -1.76. The van der Waals surface area contributed by atoms with Gasteiger partial charge in [-0.3, -0.25) is 24.6 Å². The van der Waals surface area contributed by atoms with Crippen molar-refractivity contribution in [2.75, 3.05) is 36.4 Å². The van der Waals surface area contributed by atoms with E-state index in [1.54, 1.807) is 24.3 Å². The van der Waals surface area contributed by atoms with E-state index < -0.39 is 11.8 Å². The number of aromatic nitrogens is 2. The first-order chi connectivity index (χ1) is 16.1. The minimum atomic E-state index is -0.703. The molecule has 0 unspecified atom stereocenters. The van der Waals surface area contributed by atoms with E-state index in [9.17, 15) is 14.4 Å². The van der Waals surface area contributed by atoms with Gasteiger partial charge in [0.15, 0.2) is 28.4 Å². The zero-order chi connectivity index (χ0) is 24.8. The normalized spacial score (nSPS) is 15.0. The van der Waals surface area contributed by atoms with E-state index in [0.717, 1.165) is 0 Å². The van der Waals surface area contributed by atoms with Crippen LogP contribution in [-0.2, 0) is 4.79 Å². The average Bonchev–Trinajstić information content (AvgIpc) is 2.77. The first-order valence-corrected chi connectivity index (χ1v) is 10.7. The van der Waals surface area contributed by atoms with E-state index in [1.165, 1.54) is 0 Å². The Hall–Kier alpha value is -3.97. The molecule has 3 rings (SSSR count). The maximum Gasteiger partial charge on any atom is 0.280 e. The summed E-state index contributed by atoms with van der Waals surface area (Å²) in [5, 5.41) is 5.05. The van der Waals surface area contributed by atoms with Crippen LogP contribution < -0.4 is 33.6 Å². The molecule has 3 amide bonds. The van der Waals surface area contributed by atoms with Gasteiger partial charge in [0.25, 0.3) is 5.91 Å². The van der Waals surface area contributed by atoms with Crippen molar-refractivity contribution in [2.45, 2.75) is 18.9 Å². The lowest BCUT2D eigenvalue weighted by molar-refractivity contribution is -0.117. The Labute approximate surface area is 199 Å². The van der Waals surface area contributed by atoms with Gasteiger partial charge in [0.2, 0.25) is 11.8 Å². The summed E-state index contributed by atoms with van der Waals surface area (Å²) < 4.78 is 0. The molecule has 1 fully saturated rings. The molecule has 0 bridgehead atoms. The fourth-order valence-electron chi connectivity index (χ4n) is 3.34. The number of hydrogen-bond donors (Lipinski definition) is 6. The largest absolute Gasteiger partial charge is 0.382 e. The predicted octanol–water partition coefficient (Wildman–Crippen LogP) is -0.459. The number of rotatable bonds is 6. The molecule has 14 heteroatoms. The molecule has 180 valence electrons. The second-order valence-corrected chi connectivity index (χ2v) is 7.96. The maximum atomic E-state index is 12.3. The molecule has 1 aromatic heterocycles. The Morgan fingerprint density at radius 3 is 2.32 bits per heavy atom. The molecule has 10 N–H and O–H groups in total. The van der Waals surface area contributed by atoms with Crippen molar-refractivity contribution in [1.29, 1.82) is 0 Å². The van der Waals surface area contributed by atoms with Gasteiger partial charge in [0.05, 0.1) is 12.6 Å². The molecular weight excluding hydrogens is 464 g/mol. The Bertz CT molecular complexity index is 1110. The van der Waals surface area contributed by atoms with E-state index >= 15 is 0 Å². The van der Waals surface area contributed by atoms with E-state index in [1.807, 2.05) is 4.90 Å². The molecule has 1 aliphatic heterocycles. The van der Waals surface area contributed by atoms with Gasteiger partial charge in [-0.1, -0.05) is 11.6 Å². The number of hydrogen-bond acceptors (Lipinski definition) is 9. The number of nitrogens with two attached hydrogens (primary N) is 4. The first kappa shape index (κ1) is 24.7. The number of likely N-dealkylation sites (tertiary alicyclic amines) is 1. The lowest BCUT2D eigenvalue weighted by atomic mass is 10.1. The predicted molar refractivity (Wildman–Crippen MR) is 128 cm³/mol. The maximum absolute atomic E-state index is 12.3. The highest BCUT2D eigenvalue weighted by atomic mass is 35.5. The molecule has 13 nitrogen and oxygen atoms in total. The van der Waals surface area contributed by atoms with E-state index in [4.69, 9.17) is 34.5 Å². The molecule has 1 aromatic carbocycles. The summed E-state index contributed by atoms with van der Waals surface area (Å²) in [7, 11) is 0. The van der Waals surface area contributed by atoms with Crippen LogP contribution in [0.5, 0.6) is 0 Å². The SMILES string of the molecule is NC(=O)c1ccc(NC(=O)CN2CCC(N=C(N)NC(=O)c3nc(Cl)c(N)nc3N)CC2)cc1. The Morgan fingerprint density at radius 1 is 1.06 bits per heavy atom. The molecule has 2 aromatic rings. The number of halogens is 1. The number of carbonyl (C=O) groups excluding carboxylic acids is 3. The highest BCUT2D eigenvalue weighted by Gasteiger charge is 2.22. The number of guanidine groups is 1. The van der Waals surface area contributed by atoms with Gasteiger partial charge in [0.1, 0.15) is 0 Å². The molecule has 1 saturated heterocycles. The van der Waals surface area contributed by atoms with Crippen LogP contribution >= 0.6 is 11.6 Å². The lowest BCUT2D eigenvalue weighted by Gasteiger charge is -2.29. The summed E-state index contributed by atoms with van der Waals surface area (Å²) >= 11 is 5.79. The standard InChI is InChI=1S/C20H25ClN10O3/c21-15-17(23)29-16(22)14(28-15)19(34)30-20(25)27-12-5-7-31(8-6-12)9-13(32)26-11-3-1-10(2-4-11)18(24)33/h1-4,12H,5-9H2,(H2,24,33)(H,26,32)(H4,22,23,29)(H3,25,27,30,34). The Balaban J connectivity index is 1.46. The van der Waals surface area contributed by atoms with E-state index in [-0.39, 0.29) is 46.9 Å². The summed E-state index contributed by atoms with van der Waals surface area (Å²) in [6, 6.07) is 6.21. The van der Waals surface area contributed by atoms with Crippen molar-refractivity contribution in [3.63, 3.8) is 0 Å². The van der Waals surface area contributed by atoms with Crippen LogP contribution in [0.15, 0.2) is 29.3 Å².